The smallest absolute Gasteiger partial charge is 0.252 e. The van der Waals surface area contributed by atoms with Gasteiger partial charge in [0.05, 0.1) is 0 Å². The molecule has 0 aliphatic rings. The SMILES string of the molecule is Cc1ccc(F)cc1NC(=O)C(C)NC(=O)c1cccc2[nH]ccc12. The molecule has 1 heterocycles. The van der Waals surface area contributed by atoms with Crippen molar-refractivity contribution in [3.8, 4) is 0 Å². The van der Waals surface area contributed by atoms with E-state index in [2.05, 4.69) is 15.6 Å². The second-order valence-corrected chi connectivity index (χ2v) is 5.89. The van der Waals surface area contributed by atoms with Gasteiger partial charge in [0, 0.05) is 28.4 Å². The second-order valence-electron chi connectivity index (χ2n) is 5.89. The fraction of sp³-hybridized carbons (Fsp3) is 0.158. The summed E-state index contributed by atoms with van der Waals surface area (Å²) < 4.78 is 13.3. The number of aryl methyl sites for hydroxylation is 1. The first-order chi connectivity index (χ1) is 12.0. The lowest BCUT2D eigenvalue weighted by Gasteiger charge is -2.15. The van der Waals surface area contributed by atoms with E-state index in [-0.39, 0.29) is 5.91 Å². The van der Waals surface area contributed by atoms with Crippen LogP contribution in [0.25, 0.3) is 10.9 Å². The number of benzene rings is 2. The minimum absolute atomic E-state index is 0.344. The number of aromatic nitrogens is 1. The van der Waals surface area contributed by atoms with Crippen molar-refractivity contribution in [3.05, 3.63) is 65.6 Å². The Morgan fingerprint density at radius 2 is 1.96 bits per heavy atom. The maximum absolute atomic E-state index is 13.3. The van der Waals surface area contributed by atoms with E-state index in [1.165, 1.54) is 12.1 Å². The highest BCUT2D eigenvalue weighted by atomic mass is 19.1. The lowest BCUT2D eigenvalue weighted by atomic mass is 10.1. The van der Waals surface area contributed by atoms with E-state index < -0.39 is 17.8 Å². The van der Waals surface area contributed by atoms with Gasteiger partial charge in [-0.25, -0.2) is 4.39 Å². The maximum Gasteiger partial charge on any atom is 0.252 e. The number of anilines is 1. The van der Waals surface area contributed by atoms with E-state index in [4.69, 9.17) is 0 Å². The van der Waals surface area contributed by atoms with Crippen LogP contribution in [-0.4, -0.2) is 22.8 Å². The van der Waals surface area contributed by atoms with E-state index in [9.17, 15) is 14.0 Å². The van der Waals surface area contributed by atoms with Gasteiger partial charge in [0.1, 0.15) is 11.9 Å². The number of halogens is 1. The second kappa shape index (κ2) is 6.76. The summed E-state index contributed by atoms with van der Waals surface area (Å²) >= 11 is 0. The minimum atomic E-state index is -0.774. The number of aromatic amines is 1. The highest BCUT2D eigenvalue weighted by Crippen LogP contribution is 2.18. The Bertz CT molecular complexity index is 949. The van der Waals surface area contributed by atoms with Crippen molar-refractivity contribution in [3.63, 3.8) is 0 Å². The van der Waals surface area contributed by atoms with Crippen LogP contribution in [0, 0.1) is 12.7 Å². The van der Waals surface area contributed by atoms with Gasteiger partial charge in [-0.3, -0.25) is 9.59 Å². The van der Waals surface area contributed by atoms with E-state index in [1.807, 2.05) is 12.1 Å². The quantitative estimate of drug-likeness (QED) is 0.682. The number of carbonyl (C=O) groups is 2. The maximum atomic E-state index is 13.3. The number of H-pyrrole nitrogens is 1. The van der Waals surface area contributed by atoms with Gasteiger partial charge in [-0.2, -0.15) is 0 Å². The van der Waals surface area contributed by atoms with E-state index >= 15 is 0 Å². The molecule has 3 N–H and O–H groups in total. The first-order valence-electron chi connectivity index (χ1n) is 7.89. The molecule has 1 atom stereocenters. The number of carbonyl (C=O) groups excluding carboxylic acids is 2. The van der Waals surface area contributed by atoms with Crippen LogP contribution in [-0.2, 0) is 4.79 Å². The first-order valence-corrected chi connectivity index (χ1v) is 7.89. The standard InChI is InChI=1S/C19H18FN3O2/c1-11-6-7-13(20)10-17(11)23-18(24)12(2)22-19(25)15-4-3-5-16-14(15)8-9-21-16/h3-10,12,21H,1-2H3,(H,22,25)(H,23,24). The molecule has 0 fully saturated rings. The largest absolute Gasteiger partial charge is 0.361 e. The van der Waals surface area contributed by atoms with Crippen molar-refractivity contribution >= 4 is 28.4 Å². The highest BCUT2D eigenvalue weighted by Gasteiger charge is 2.19. The van der Waals surface area contributed by atoms with Gasteiger partial charge in [-0.05, 0) is 49.7 Å². The molecule has 0 aliphatic carbocycles. The predicted molar refractivity (Wildman–Crippen MR) is 95.0 cm³/mol. The summed E-state index contributed by atoms with van der Waals surface area (Å²) in [6.45, 7) is 3.35. The summed E-state index contributed by atoms with van der Waals surface area (Å²) in [6.07, 6.45) is 1.75. The zero-order valence-electron chi connectivity index (χ0n) is 13.9. The third-order valence-corrected chi connectivity index (χ3v) is 4.04. The third kappa shape index (κ3) is 3.52. The molecule has 6 heteroatoms. The topological polar surface area (TPSA) is 74.0 Å². The van der Waals surface area contributed by atoms with Crippen LogP contribution in [0.5, 0.6) is 0 Å². The molecule has 0 saturated heterocycles. The molecule has 3 rings (SSSR count). The van der Waals surface area contributed by atoms with Gasteiger partial charge < -0.3 is 15.6 Å². The average molecular weight is 339 g/mol. The zero-order valence-corrected chi connectivity index (χ0v) is 13.9. The Kier molecular flexibility index (Phi) is 4.52. The number of hydrogen-bond donors (Lipinski definition) is 3. The van der Waals surface area contributed by atoms with Crippen LogP contribution in [0.15, 0.2) is 48.7 Å². The molecule has 0 saturated carbocycles. The van der Waals surface area contributed by atoms with Crippen LogP contribution >= 0.6 is 0 Å². The van der Waals surface area contributed by atoms with Crippen molar-refractivity contribution in [2.24, 2.45) is 0 Å². The van der Waals surface area contributed by atoms with Gasteiger partial charge >= 0.3 is 0 Å². The summed E-state index contributed by atoms with van der Waals surface area (Å²) in [4.78, 5) is 27.8. The summed E-state index contributed by atoms with van der Waals surface area (Å²) in [5, 5.41) is 6.10. The Morgan fingerprint density at radius 3 is 2.76 bits per heavy atom. The molecule has 0 bridgehead atoms. The third-order valence-electron chi connectivity index (χ3n) is 4.04. The lowest BCUT2D eigenvalue weighted by Crippen LogP contribution is -2.41. The molecule has 1 unspecified atom stereocenters. The summed E-state index contributed by atoms with van der Waals surface area (Å²) in [5.41, 5.74) is 2.46. The predicted octanol–water partition coefficient (Wildman–Crippen LogP) is 3.37. The number of fused-ring (bicyclic) bond motifs is 1. The fourth-order valence-corrected chi connectivity index (χ4v) is 2.59. The molecule has 3 aromatic rings. The lowest BCUT2D eigenvalue weighted by molar-refractivity contribution is -0.117. The van der Waals surface area contributed by atoms with Crippen molar-refractivity contribution in [2.75, 3.05) is 5.32 Å². The van der Waals surface area contributed by atoms with Crippen LogP contribution in [0.3, 0.4) is 0 Å². The van der Waals surface area contributed by atoms with E-state index in [0.717, 1.165) is 16.5 Å². The van der Waals surface area contributed by atoms with Gasteiger partial charge in [-0.15, -0.1) is 0 Å². The Balaban J connectivity index is 1.72. The molecule has 2 amide bonds. The van der Waals surface area contributed by atoms with Gasteiger partial charge in [-0.1, -0.05) is 12.1 Å². The summed E-state index contributed by atoms with van der Waals surface area (Å²) in [6, 6.07) is 10.5. The number of hydrogen-bond acceptors (Lipinski definition) is 2. The number of rotatable bonds is 4. The number of amides is 2. The molecular formula is C19H18FN3O2. The molecule has 0 aliphatic heterocycles. The van der Waals surface area contributed by atoms with Crippen LogP contribution in [0.1, 0.15) is 22.8 Å². The first kappa shape index (κ1) is 16.7. The monoisotopic (exact) mass is 339 g/mol. The van der Waals surface area contributed by atoms with Crippen molar-refractivity contribution in [1.29, 1.82) is 0 Å². The van der Waals surface area contributed by atoms with E-state index in [0.29, 0.717) is 11.3 Å². The van der Waals surface area contributed by atoms with Crippen LogP contribution < -0.4 is 10.6 Å². The Labute approximate surface area is 144 Å². The number of nitrogens with one attached hydrogen (secondary N) is 3. The Hall–Kier alpha value is -3.15. The fourth-order valence-electron chi connectivity index (χ4n) is 2.59. The van der Waals surface area contributed by atoms with Crippen LogP contribution in [0.2, 0.25) is 0 Å². The molecule has 25 heavy (non-hydrogen) atoms. The van der Waals surface area contributed by atoms with Crippen molar-refractivity contribution < 1.29 is 14.0 Å². The minimum Gasteiger partial charge on any atom is -0.361 e. The van der Waals surface area contributed by atoms with Crippen LogP contribution in [0.4, 0.5) is 10.1 Å². The molecule has 2 aromatic carbocycles. The molecule has 1 aromatic heterocycles. The molecule has 0 spiro atoms. The molecule has 128 valence electrons. The van der Waals surface area contributed by atoms with Crippen molar-refractivity contribution in [1.82, 2.24) is 10.3 Å². The summed E-state index contributed by atoms with van der Waals surface area (Å²) in [7, 11) is 0. The average Bonchev–Trinajstić information content (AvgIpc) is 3.06. The zero-order chi connectivity index (χ0) is 18.0. The van der Waals surface area contributed by atoms with Gasteiger partial charge in [0.15, 0.2) is 0 Å². The molecule has 0 radical (unpaired) electrons. The van der Waals surface area contributed by atoms with Crippen molar-refractivity contribution in [2.45, 2.75) is 19.9 Å². The normalized spacial score (nSPS) is 12.0. The van der Waals surface area contributed by atoms with Gasteiger partial charge in [0.2, 0.25) is 5.91 Å². The molecule has 5 nitrogen and oxygen atoms in total. The highest BCUT2D eigenvalue weighted by molar-refractivity contribution is 6.08. The van der Waals surface area contributed by atoms with Gasteiger partial charge in [0.25, 0.3) is 5.91 Å². The Morgan fingerprint density at radius 1 is 1.16 bits per heavy atom. The summed E-state index contributed by atoms with van der Waals surface area (Å²) in [5.74, 6) is -1.19. The molecular weight excluding hydrogens is 321 g/mol. The van der Waals surface area contributed by atoms with E-state index in [1.54, 1.807) is 38.2 Å².